The molecule has 1 N–H and O–H groups in total. The molecular formula is C28H30F3NO3. The van der Waals surface area contributed by atoms with Crippen LogP contribution in [0.15, 0.2) is 48.7 Å². The summed E-state index contributed by atoms with van der Waals surface area (Å²) in [5.41, 5.74) is 0.404. The Labute approximate surface area is 203 Å². The minimum absolute atomic E-state index is 0.104. The van der Waals surface area contributed by atoms with E-state index in [4.69, 9.17) is 4.74 Å². The number of carbonyl (C=O) groups is 1. The van der Waals surface area contributed by atoms with Crippen LogP contribution < -0.4 is 0 Å². The number of ether oxygens (including phenoxy) is 1. The Morgan fingerprint density at radius 3 is 2.71 bits per heavy atom. The standard InChI is InChI=1S/C28H30F3NO3/c1-16-25-23(22-10-11-27(2,34)14-19(22)13-24(25)26(33)35-16)9-8-21-7-6-18(15-32-21)17-4-3-5-20(12-17)28(29,30)31/h3-9,12,15-16,19,22-25,34H,10-11,13-14H2,1-2H3/b9-8+/t16-,19-,22?,23?,24-,25+,27+/m1/s1. The normalized spacial score (nSPS) is 35.0. The highest BCUT2D eigenvalue weighted by Gasteiger charge is 2.55. The van der Waals surface area contributed by atoms with Gasteiger partial charge in [0, 0.05) is 17.7 Å². The van der Waals surface area contributed by atoms with E-state index < -0.39 is 17.3 Å². The molecule has 0 spiro atoms. The summed E-state index contributed by atoms with van der Waals surface area (Å²) in [4.78, 5) is 17.0. The van der Waals surface area contributed by atoms with Gasteiger partial charge in [-0.15, -0.1) is 0 Å². The Bertz CT molecular complexity index is 1130. The molecule has 7 atom stereocenters. The molecule has 186 valence electrons. The average molecular weight is 486 g/mol. The van der Waals surface area contributed by atoms with Gasteiger partial charge < -0.3 is 9.84 Å². The Morgan fingerprint density at radius 2 is 2.00 bits per heavy atom. The number of aliphatic hydroxyl groups is 1. The molecule has 2 saturated carbocycles. The maximum absolute atomic E-state index is 13.1. The second-order valence-electron chi connectivity index (χ2n) is 10.7. The fourth-order valence-electron chi connectivity index (χ4n) is 6.61. The van der Waals surface area contributed by atoms with Crippen molar-refractivity contribution in [3.63, 3.8) is 0 Å². The quantitative estimate of drug-likeness (QED) is 0.530. The lowest BCUT2D eigenvalue weighted by Gasteiger charge is -2.49. The molecule has 1 saturated heterocycles. The van der Waals surface area contributed by atoms with Crippen LogP contribution in [-0.4, -0.2) is 27.8 Å². The first-order valence-electron chi connectivity index (χ1n) is 12.3. The van der Waals surface area contributed by atoms with Gasteiger partial charge in [0.15, 0.2) is 0 Å². The number of nitrogens with zero attached hydrogens (tertiary/aromatic N) is 1. The molecule has 3 fully saturated rings. The minimum atomic E-state index is -4.39. The summed E-state index contributed by atoms with van der Waals surface area (Å²) >= 11 is 0. The molecule has 3 aliphatic rings. The molecule has 5 rings (SSSR count). The molecule has 4 nitrogen and oxygen atoms in total. The van der Waals surface area contributed by atoms with Gasteiger partial charge in [0.25, 0.3) is 0 Å². The fraction of sp³-hybridized carbons (Fsp3) is 0.500. The number of benzene rings is 1. The SMILES string of the molecule is C[C@H]1OC(=O)[C@@H]2C[C@@H]3C[C@@](C)(O)CCC3C(/C=C/c3ccc(-c4cccc(C(F)(F)F)c4)cn3)[C@H]12. The number of halogens is 3. The van der Waals surface area contributed by atoms with Gasteiger partial charge in [0.2, 0.25) is 0 Å². The minimum Gasteiger partial charge on any atom is -0.462 e. The van der Waals surface area contributed by atoms with Crippen molar-refractivity contribution >= 4 is 12.0 Å². The van der Waals surface area contributed by atoms with Gasteiger partial charge in [-0.1, -0.05) is 24.3 Å². The van der Waals surface area contributed by atoms with Crippen LogP contribution in [0.5, 0.6) is 0 Å². The van der Waals surface area contributed by atoms with Crippen molar-refractivity contribution < 1.29 is 27.8 Å². The number of allylic oxidation sites excluding steroid dienone is 1. The maximum atomic E-state index is 13.1. The van der Waals surface area contributed by atoms with Gasteiger partial charge in [-0.05, 0) is 87.1 Å². The maximum Gasteiger partial charge on any atom is 0.416 e. The van der Waals surface area contributed by atoms with Crippen LogP contribution >= 0.6 is 0 Å². The molecule has 0 bridgehead atoms. The zero-order valence-corrected chi connectivity index (χ0v) is 19.8. The van der Waals surface area contributed by atoms with Crippen molar-refractivity contribution in [2.45, 2.75) is 57.4 Å². The van der Waals surface area contributed by atoms with Crippen LogP contribution in [-0.2, 0) is 15.7 Å². The second kappa shape index (κ2) is 8.77. The van der Waals surface area contributed by atoms with E-state index >= 15 is 0 Å². The summed E-state index contributed by atoms with van der Waals surface area (Å²) in [5.74, 6) is 0.602. The monoisotopic (exact) mass is 485 g/mol. The van der Waals surface area contributed by atoms with Gasteiger partial charge in [0.1, 0.15) is 6.10 Å². The number of esters is 1. The van der Waals surface area contributed by atoms with E-state index in [9.17, 15) is 23.1 Å². The molecule has 1 aliphatic heterocycles. The van der Waals surface area contributed by atoms with Crippen molar-refractivity contribution in [2.75, 3.05) is 0 Å². The zero-order valence-electron chi connectivity index (χ0n) is 19.8. The summed E-state index contributed by atoms with van der Waals surface area (Å²) in [6.07, 6.45) is 4.23. The number of carbonyl (C=O) groups excluding carboxylic acids is 1. The summed E-state index contributed by atoms with van der Waals surface area (Å²) in [6.45, 7) is 3.84. The van der Waals surface area contributed by atoms with Crippen molar-refractivity contribution in [3.8, 4) is 11.1 Å². The molecule has 2 heterocycles. The van der Waals surface area contributed by atoms with Crippen molar-refractivity contribution in [1.82, 2.24) is 4.98 Å². The summed E-state index contributed by atoms with van der Waals surface area (Å²) in [5, 5.41) is 10.6. The average Bonchev–Trinajstić information content (AvgIpc) is 3.09. The van der Waals surface area contributed by atoms with Crippen LogP contribution in [0.25, 0.3) is 17.2 Å². The summed E-state index contributed by atoms with van der Waals surface area (Å²) < 4.78 is 44.8. The largest absolute Gasteiger partial charge is 0.462 e. The van der Waals surface area contributed by atoms with Crippen molar-refractivity contribution in [3.05, 3.63) is 59.9 Å². The molecule has 2 aromatic rings. The van der Waals surface area contributed by atoms with Gasteiger partial charge in [-0.25, -0.2) is 0 Å². The van der Waals surface area contributed by atoms with E-state index in [-0.39, 0.29) is 35.7 Å². The lowest BCUT2D eigenvalue weighted by atomic mass is 9.55. The van der Waals surface area contributed by atoms with E-state index in [2.05, 4.69) is 11.1 Å². The van der Waals surface area contributed by atoms with E-state index in [0.29, 0.717) is 29.2 Å². The molecule has 0 radical (unpaired) electrons. The van der Waals surface area contributed by atoms with Crippen molar-refractivity contribution in [1.29, 1.82) is 0 Å². The van der Waals surface area contributed by atoms with Crippen LogP contribution in [0.1, 0.15) is 50.8 Å². The lowest BCUT2D eigenvalue weighted by molar-refractivity contribution is -0.145. The molecule has 1 aromatic heterocycles. The van der Waals surface area contributed by atoms with Gasteiger partial charge in [-0.3, -0.25) is 9.78 Å². The Kier molecular flexibility index (Phi) is 6.02. The lowest BCUT2D eigenvalue weighted by Crippen LogP contribution is -2.47. The number of hydrogen-bond acceptors (Lipinski definition) is 4. The third-order valence-electron chi connectivity index (χ3n) is 8.23. The van der Waals surface area contributed by atoms with Crippen molar-refractivity contribution in [2.24, 2.45) is 29.6 Å². The topological polar surface area (TPSA) is 59.4 Å². The van der Waals surface area contributed by atoms with Crippen LogP contribution in [0.4, 0.5) is 13.2 Å². The molecule has 1 aromatic carbocycles. The summed E-state index contributed by atoms with van der Waals surface area (Å²) in [7, 11) is 0. The third-order valence-corrected chi connectivity index (χ3v) is 8.23. The number of fused-ring (bicyclic) bond motifs is 2. The highest BCUT2D eigenvalue weighted by Crippen LogP contribution is 2.55. The summed E-state index contributed by atoms with van der Waals surface area (Å²) in [6, 6.07) is 8.80. The number of alkyl halides is 3. The first-order chi connectivity index (χ1) is 16.5. The van der Waals surface area contributed by atoms with E-state index in [1.807, 2.05) is 19.9 Å². The number of pyridine rings is 1. The zero-order chi connectivity index (χ0) is 25.0. The first-order valence-corrected chi connectivity index (χ1v) is 12.3. The Balaban J connectivity index is 1.38. The van der Waals surface area contributed by atoms with Gasteiger partial charge >= 0.3 is 12.1 Å². The molecule has 7 heteroatoms. The highest BCUT2D eigenvalue weighted by atomic mass is 19.4. The second-order valence-corrected chi connectivity index (χ2v) is 10.7. The number of aromatic nitrogens is 1. The smallest absolute Gasteiger partial charge is 0.416 e. The van der Waals surface area contributed by atoms with Crippen LogP contribution in [0.3, 0.4) is 0 Å². The number of rotatable bonds is 3. The predicted molar refractivity (Wildman–Crippen MR) is 126 cm³/mol. The van der Waals surface area contributed by atoms with E-state index in [1.54, 1.807) is 24.4 Å². The first kappa shape index (κ1) is 24.0. The highest BCUT2D eigenvalue weighted by molar-refractivity contribution is 5.75. The molecular weight excluding hydrogens is 455 g/mol. The predicted octanol–water partition coefficient (Wildman–Crippen LogP) is 6.15. The molecule has 2 unspecified atom stereocenters. The van der Waals surface area contributed by atoms with Gasteiger partial charge in [0.05, 0.1) is 22.8 Å². The van der Waals surface area contributed by atoms with E-state index in [0.717, 1.165) is 31.4 Å². The molecule has 35 heavy (non-hydrogen) atoms. The Morgan fingerprint density at radius 1 is 1.20 bits per heavy atom. The Hall–Kier alpha value is -2.67. The number of hydrogen-bond donors (Lipinski definition) is 1. The van der Waals surface area contributed by atoms with Crippen LogP contribution in [0.2, 0.25) is 0 Å². The van der Waals surface area contributed by atoms with Crippen LogP contribution in [0, 0.1) is 29.6 Å². The molecule has 2 aliphatic carbocycles. The van der Waals surface area contributed by atoms with E-state index in [1.165, 1.54) is 6.07 Å². The molecule has 0 amide bonds. The van der Waals surface area contributed by atoms with Gasteiger partial charge in [-0.2, -0.15) is 13.2 Å². The fourth-order valence-corrected chi connectivity index (χ4v) is 6.61. The number of cyclic esters (lactones) is 1. The third kappa shape index (κ3) is 4.75.